The van der Waals surface area contributed by atoms with Crippen LogP contribution in [0, 0.1) is 69.8 Å². The normalized spacial score (nSPS) is 21.5. The first-order valence-electron chi connectivity index (χ1n) is 41.9. The van der Waals surface area contributed by atoms with Gasteiger partial charge in [-0.1, -0.05) is 55.1 Å². The third-order valence-electron chi connectivity index (χ3n) is 21.2. The van der Waals surface area contributed by atoms with Crippen LogP contribution in [0.3, 0.4) is 0 Å². The highest BCUT2D eigenvalue weighted by Gasteiger charge is 2.57. The van der Waals surface area contributed by atoms with E-state index in [0.717, 1.165) is 139 Å². The first-order valence-corrected chi connectivity index (χ1v) is 44.6. The molecule has 0 spiro atoms. The van der Waals surface area contributed by atoms with Crippen molar-refractivity contribution < 1.29 is 186 Å². The van der Waals surface area contributed by atoms with Crippen LogP contribution in [0.1, 0.15) is 138 Å². The summed E-state index contributed by atoms with van der Waals surface area (Å²) in [7, 11) is 0. The summed E-state index contributed by atoms with van der Waals surface area (Å²) in [6, 6.07) is 6.93. The minimum absolute atomic E-state index is 0.0779. The van der Waals surface area contributed by atoms with Gasteiger partial charge in [0, 0.05) is 146 Å². The van der Waals surface area contributed by atoms with Gasteiger partial charge in [-0.2, -0.15) is 0 Å². The monoisotopic (exact) mass is 2000 g/mol. The van der Waals surface area contributed by atoms with E-state index in [4.69, 9.17) is 76.0 Å². The summed E-state index contributed by atoms with van der Waals surface area (Å²) in [6.07, 6.45) is -13.4. The number of carbonyl (C=O) groups is 12. The van der Waals surface area contributed by atoms with Crippen LogP contribution in [0.25, 0.3) is 90.9 Å². The number of carbonyl (C=O) groups excluding carboxylic acids is 12. The maximum atomic E-state index is 18.5. The van der Waals surface area contributed by atoms with Crippen LogP contribution in [0.4, 0.5) is 52.7 Å². The molecule has 5 aliphatic rings. The molecule has 3 aromatic carbocycles. The van der Waals surface area contributed by atoms with Crippen molar-refractivity contribution in [3.8, 4) is 44.5 Å². The van der Waals surface area contributed by atoms with Crippen molar-refractivity contribution in [1.82, 2.24) is 19.9 Å². The summed E-state index contributed by atoms with van der Waals surface area (Å²) >= 11 is -0.793. The minimum Gasteiger partial charge on any atom is -0.463 e. The Morgan fingerprint density at radius 1 is 0.304 bits per heavy atom. The van der Waals surface area contributed by atoms with E-state index in [1.807, 2.05) is 6.92 Å². The van der Waals surface area contributed by atoms with E-state index < -0.39 is 333 Å². The highest BCUT2D eigenvalue weighted by atomic mass is 32.2. The molecule has 0 saturated carbocycles. The molecule has 2 N–H and O–H groups in total. The van der Waals surface area contributed by atoms with Gasteiger partial charge in [-0.05, 0) is 60.6 Å². The Hall–Kier alpha value is -12.9. The van der Waals surface area contributed by atoms with E-state index in [9.17, 15) is 57.5 Å². The largest absolute Gasteiger partial charge is 0.463 e. The quantitative estimate of drug-likeness (QED) is 0.0105. The second-order valence-corrected chi connectivity index (χ2v) is 34.7. The Balaban J connectivity index is 1.17. The van der Waals surface area contributed by atoms with Crippen molar-refractivity contribution >= 4 is 153 Å². The number of esters is 12. The lowest BCUT2D eigenvalue weighted by Crippen LogP contribution is -2.61. The zero-order valence-electron chi connectivity index (χ0n) is 74.9. The molecule has 736 valence electrons. The lowest BCUT2D eigenvalue weighted by Gasteiger charge is -2.44. The molecule has 4 aromatic heterocycles. The summed E-state index contributed by atoms with van der Waals surface area (Å²) in [5.74, 6) is -41.8. The topological polar surface area (TPSA) is 405 Å². The number of pyridine rings is 1. The number of hydrogen-bond donors (Lipinski definition) is 2. The van der Waals surface area contributed by atoms with Gasteiger partial charge in [0.2, 0.25) is 0 Å². The Bertz CT molecular complexity index is 6060. The number of aromatic amines is 2. The molecule has 15 atom stereocenters. The molecule has 7 aromatic rings. The molecule has 3 saturated heterocycles. The molecule has 0 aliphatic carbocycles. The zero-order chi connectivity index (χ0) is 101. The molecular formula is C91H84F12N5O27S3+. The number of halogens is 12. The number of hydrogen-bond acceptors (Lipinski definition) is 32. The summed E-state index contributed by atoms with van der Waals surface area (Å²) < 4.78 is 302. The molecule has 8 bridgehead atoms. The smallest absolute Gasteiger partial charge is 0.303 e. The predicted molar refractivity (Wildman–Crippen MR) is 458 cm³/mol. The van der Waals surface area contributed by atoms with Crippen LogP contribution in [-0.2, 0) is 135 Å². The number of fused-ring (bicyclic) bond motifs is 8. The minimum atomic E-state index is -2.46. The van der Waals surface area contributed by atoms with Gasteiger partial charge in [-0.15, -0.1) is 0 Å². The first-order chi connectivity index (χ1) is 65.3. The maximum absolute atomic E-state index is 18.5. The average molecular weight is 2000 g/mol. The van der Waals surface area contributed by atoms with E-state index in [1.165, 1.54) is 12.1 Å². The molecule has 47 heteroatoms. The van der Waals surface area contributed by atoms with Gasteiger partial charge in [0.05, 0.1) is 54.2 Å². The number of benzene rings is 3. The number of nitrogens with zero attached hydrogens (tertiary/aromatic N) is 3. The second-order valence-electron chi connectivity index (χ2n) is 31.3. The zero-order valence-corrected chi connectivity index (χ0v) is 77.3. The van der Waals surface area contributed by atoms with E-state index in [1.54, 1.807) is 29.1 Å². The Morgan fingerprint density at radius 3 is 0.790 bits per heavy atom. The van der Waals surface area contributed by atoms with Gasteiger partial charge in [0.1, 0.15) is 61.0 Å². The molecule has 32 nitrogen and oxygen atoms in total. The number of H-pyrrole nitrogens is 2. The number of ether oxygens (including phenoxy) is 15. The molecule has 3 fully saturated rings. The standard InChI is InChI=1S/C91H83F12N5O27S3/c1-14-15-16-17-28-108-29-26-46(27-30-108)58-47-18-20-49(104-47)59(62-65(92)71(98)86(72(99)66(62)93)136-89-83(130-43(11)118)80(127-40(8)115)77(124-37(5)112)55(133-89)31-121-34(2)109)51-22-24-53(106-51)61(64-69(96)75(102)88(76(103)70(64)97)138-91-85(132-45(13)120)82(129-42(10)117)79(126-39(7)114)57(135-91)33-123-36(4)111)54-25-23-52(107-54)60(50-21-19-48(58)105-50)63-67(94)73(100)87(74(101)68(63)95)137-90-84(131-44(12)119)81(128-41(9)116)78(125-38(6)113)56(134-90)32-122-35(3)110/h18-27,29-30,55-57,77-85,89-91H,14-17,28,31-33H2,1-13H3,(H,104,105,106,107)/p+1/t55-,56-,57-,77-,78-,79-,80+,81+,82+,83-,84-,85-,89+,90+,91+/m1/s1. The average Bonchev–Trinajstić information content (AvgIpc) is 1.53. The van der Waals surface area contributed by atoms with Crippen LogP contribution in [0.15, 0.2) is 63.5 Å². The number of aryl methyl sites for hydroxylation is 1. The van der Waals surface area contributed by atoms with Gasteiger partial charge in [-0.3, -0.25) is 57.5 Å². The summed E-state index contributed by atoms with van der Waals surface area (Å²) in [6.45, 7) is 10.0. The lowest BCUT2D eigenvalue weighted by atomic mass is 9.99. The fraction of sp³-hybridized carbons (Fsp3) is 0.396. The Morgan fingerprint density at radius 2 is 0.543 bits per heavy atom. The van der Waals surface area contributed by atoms with Crippen molar-refractivity contribution in [2.45, 2.75) is 226 Å². The fourth-order valence-electron chi connectivity index (χ4n) is 15.8. The van der Waals surface area contributed by atoms with Crippen molar-refractivity contribution in [3.63, 3.8) is 0 Å². The first kappa shape index (κ1) is 104. The number of aromatic nitrogens is 5. The highest BCUT2D eigenvalue weighted by Crippen LogP contribution is 2.51. The number of thioether (sulfide) groups is 3. The Kier molecular flexibility index (Phi) is 33.4. The molecule has 0 unspecified atom stereocenters. The van der Waals surface area contributed by atoms with Crippen LogP contribution >= 0.6 is 35.3 Å². The maximum Gasteiger partial charge on any atom is 0.303 e. The fourth-order valence-corrected chi connectivity index (χ4v) is 19.3. The van der Waals surface area contributed by atoms with E-state index in [2.05, 4.69) is 15.0 Å². The molecule has 5 aliphatic heterocycles. The summed E-state index contributed by atoms with van der Waals surface area (Å²) in [5.41, 5.74) is -20.5. The molecule has 0 amide bonds. The molecular weight excluding hydrogens is 1920 g/mol. The van der Waals surface area contributed by atoms with Gasteiger partial charge >= 0.3 is 71.6 Å². The number of nitrogens with one attached hydrogen (secondary N) is 2. The van der Waals surface area contributed by atoms with Gasteiger partial charge in [0.15, 0.2) is 137 Å². The van der Waals surface area contributed by atoms with Crippen LogP contribution in [-0.4, -0.2) is 201 Å². The van der Waals surface area contributed by atoms with E-state index in [0.29, 0.717) is 13.0 Å². The third-order valence-corrected chi connectivity index (χ3v) is 24.8. The Labute approximate surface area is 787 Å². The van der Waals surface area contributed by atoms with E-state index in [-0.39, 0.29) is 57.6 Å². The molecule has 138 heavy (non-hydrogen) atoms. The van der Waals surface area contributed by atoms with Crippen molar-refractivity contribution in [2.75, 3.05) is 19.8 Å². The SMILES string of the molecule is CCCCCC[n+]1ccc(-c2c3nc(c(-c4c(F)c(F)c(S[C@@H]5O[C@H](COC(C)=O)[C@@H](OC(C)=O)[C@H](OC(C)=O)[C@H]5OC(C)=O)c(F)c4F)c4ccc([nH]4)c(-c4c(F)c(F)c(S[C@@H]5O[C@H](COC(C)=O)[C@@H](OC(C)=O)[C@H](OC(C)=O)[C@H]5OC(C)=O)c(F)c4F)c4nc(c(-c5c(F)c(F)c(S[C@@H]6O[C@H](COC(C)=O)[C@@H](OC(C)=O)[C@H](OC(C)=O)[C@H]6OC(C)=O)c(F)c5F)c5ccc2[nH]5)C=C4)C=C3)cc1. The molecule has 9 heterocycles. The van der Waals surface area contributed by atoms with E-state index >= 15 is 52.7 Å². The molecule has 12 rings (SSSR count). The van der Waals surface area contributed by atoms with Crippen molar-refractivity contribution in [2.24, 2.45) is 0 Å². The van der Waals surface area contributed by atoms with Crippen LogP contribution in [0.2, 0.25) is 0 Å². The van der Waals surface area contributed by atoms with Gasteiger partial charge < -0.3 is 81.0 Å². The summed E-state index contributed by atoms with van der Waals surface area (Å²) in [5, 5.41) is 0. The van der Waals surface area contributed by atoms with Gasteiger partial charge in [0.25, 0.3) is 0 Å². The lowest BCUT2D eigenvalue weighted by molar-refractivity contribution is -0.697. The highest BCUT2D eigenvalue weighted by molar-refractivity contribution is 8.00. The van der Waals surface area contributed by atoms with Crippen molar-refractivity contribution in [3.05, 3.63) is 141 Å². The van der Waals surface area contributed by atoms with Crippen LogP contribution < -0.4 is 4.57 Å². The number of rotatable bonds is 30. The van der Waals surface area contributed by atoms with Crippen molar-refractivity contribution in [1.29, 1.82) is 0 Å². The predicted octanol–water partition coefficient (Wildman–Crippen LogP) is 14.4. The summed E-state index contributed by atoms with van der Waals surface area (Å²) in [4.78, 5) is 162. The molecule has 0 radical (unpaired) electrons. The second kappa shape index (κ2) is 44.3. The third kappa shape index (κ3) is 23.1. The number of unbranched alkanes of at least 4 members (excludes halogenated alkanes) is 3. The van der Waals surface area contributed by atoms with Crippen LogP contribution in [0.5, 0.6) is 0 Å². The van der Waals surface area contributed by atoms with Gasteiger partial charge in [-0.25, -0.2) is 67.2 Å².